The van der Waals surface area contributed by atoms with Crippen LogP contribution in [0.25, 0.3) is 5.69 Å². The molecule has 0 spiro atoms. The fourth-order valence-electron chi connectivity index (χ4n) is 3.97. The van der Waals surface area contributed by atoms with Crippen LogP contribution in [0.2, 0.25) is 0 Å². The zero-order chi connectivity index (χ0) is 30.3. The summed E-state index contributed by atoms with van der Waals surface area (Å²) in [5.74, 6) is -0.0336. The molecule has 2 amide bonds. The highest BCUT2D eigenvalue weighted by Crippen LogP contribution is 2.38. The molecule has 0 bridgehead atoms. The number of nitrogens with zero attached hydrogens (tertiary/aromatic N) is 3. The van der Waals surface area contributed by atoms with Gasteiger partial charge in [0.15, 0.2) is 22.5 Å². The first-order chi connectivity index (χ1) is 20.2. The highest BCUT2D eigenvalue weighted by atomic mass is 32.2. The summed E-state index contributed by atoms with van der Waals surface area (Å²) in [5, 5.41) is 13.8. The Hall–Kier alpha value is -4.72. The van der Waals surface area contributed by atoms with E-state index in [9.17, 15) is 22.8 Å². The molecule has 2 N–H and O–H groups in total. The maximum absolute atomic E-state index is 13.3. The Kier molecular flexibility index (Phi) is 9.57. The van der Waals surface area contributed by atoms with E-state index in [0.29, 0.717) is 33.9 Å². The molecule has 0 aliphatic carbocycles. The predicted octanol–water partition coefficient (Wildman–Crippen LogP) is 4.97. The van der Waals surface area contributed by atoms with Gasteiger partial charge in [0.2, 0.25) is 11.7 Å². The average molecular weight is 602 g/mol. The minimum Gasteiger partial charge on any atom is -0.493 e. The molecule has 1 heterocycles. The summed E-state index contributed by atoms with van der Waals surface area (Å²) in [6.07, 6.45) is -4.62. The zero-order valence-electron chi connectivity index (χ0n) is 22.7. The van der Waals surface area contributed by atoms with Gasteiger partial charge in [-0.15, -0.1) is 10.2 Å². The van der Waals surface area contributed by atoms with Crippen molar-refractivity contribution < 1.29 is 37.0 Å². The Balaban J connectivity index is 1.52. The van der Waals surface area contributed by atoms with Gasteiger partial charge in [-0.3, -0.25) is 14.2 Å². The largest absolute Gasteiger partial charge is 0.493 e. The van der Waals surface area contributed by atoms with E-state index in [1.54, 1.807) is 28.8 Å². The number of alkyl halides is 3. The van der Waals surface area contributed by atoms with E-state index in [1.807, 2.05) is 6.07 Å². The number of benzene rings is 3. The number of rotatable bonds is 11. The van der Waals surface area contributed by atoms with Crippen LogP contribution in [0.15, 0.2) is 71.9 Å². The lowest BCUT2D eigenvalue weighted by atomic mass is 10.1. The van der Waals surface area contributed by atoms with Crippen LogP contribution in [0.4, 0.5) is 18.9 Å². The molecule has 0 radical (unpaired) electrons. The first kappa shape index (κ1) is 30.2. The van der Waals surface area contributed by atoms with Gasteiger partial charge in [0, 0.05) is 11.3 Å². The molecule has 1 aromatic heterocycles. The molecule has 4 rings (SSSR count). The maximum atomic E-state index is 13.3. The third kappa shape index (κ3) is 6.94. The molecule has 3 aromatic carbocycles. The summed E-state index contributed by atoms with van der Waals surface area (Å²) in [5.41, 5.74) is -0.373. The van der Waals surface area contributed by atoms with Gasteiger partial charge >= 0.3 is 6.18 Å². The van der Waals surface area contributed by atoms with Crippen LogP contribution < -0.4 is 24.8 Å². The van der Waals surface area contributed by atoms with Crippen LogP contribution in [0.5, 0.6) is 17.2 Å². The van der Waals surface area contributed by atoms with E-state index in [2.05, 4.69) is 20.8 Å². The maximum Gasteiger partial charge on any atom is 0.418 e. The lowest BCUT2D eigenvalue weighted by Gasteiger charge is -2.14. The van der Waals surface area contributed by atoms with Crippen LogP contribution in [0, 0.1) is 0 Å². The van der Waals surface area contributed by atoms with Gasteiger partial charge < -0.3 is 24.8 Å². The number of hydrogen-bond donors (Lipinski definition) is 2. The third-order valence-electron chi connectivity index (χ3n) is 5.89. The summed E-state index contributed by atoms with van der Waals surface area (Å²) >= 11 is 0.984. The second-order valence-electron chi connectivity index (χ2n) is 8.55. The van der Waals surface area contributed by atoms with Crippen LogP contribution in [0.3, 0.4) is 0 Å². The summed E-state index contributed by atoms with van der Waals surface area (Å²) in [6.45, 7) is -0.0386. The van der Waals surface area contributed by atoms with Crippen LogP contribution in [-0.4, -0.2) is 53.7 Å². The molecule has 0 fully saturated rings. The van der Waals surface area contributed by atoms with Crippen molar-refractivity contribution in [2.24, 2.45) is 0 Å². The van der Waals surface area contributed by atoms with Crippen molar-refractivity contribution in [3.05, 3.63) is 83.7 Å². The molecule has 0 aliphatic heterocycles. The van der Waals surface area contributed by atoms with Crippen molar-refractivity contribution in [3.8, 4) is 22.9 Å². The van der Waals surface area contributed by atoms with E-state index in [-0.39, 0.29) is 23.5 Å². The molecular weight excluding hydrogens is 575 g/mol. The summed E-state index contributed by atoms with van der Waals surface area (Å²) in [6, 6.07) is 16.7. The fraction of sp³-hybridized carbons (Fsp3) is 0.214. The number of amides is 2. The summed E-state index contributed by atoms with van der Waals surface area (Å²) < 4.78 is 57.5. The van der Waals surface area contributed by atoms with E-state index in [4.69, 9.17) is 14.2 Å². The SMILES string of the molecule is COc1cc(C(=O)NCc2nnc(SCC(=O)Nc3ccccc3C(F)(F)F)n2-c2ccccc2)cc(OC)c1OC. The van der Waals surface area contributed by atoms with E-state index in [1.165, 1.54) is 51.7 Å². The number of para-hydroxylation sites is 2. The van der Waals surface area contributed by atoms with Crippen LogP contribution in [-0.2, 0) is 17.5 Å². The van der Waals surface area contributed by atoms with Crippen molar-refractivity contribution in [1.82, 2.24) is 20.1 Å². The number of thioether (sulfide) groups is 1. The molecule has 220 valence electrons. The molecule has 0 saturated carbocycles. The van der Waals surface area contributed by atoms with Gasteiger partial charge in [0.05, 0.1) is 44.9 Å². The number of carbonyl (C=O) groups is 2. The van der Waals surface area contributed by atoms with Crippen molar-refractivity contribution >= 4 is 29.3 Å². The Bertz CT molecular complexity index is 1540. The molecule has 0 atom stereocenters. The second-order valence-corrected chi connectivity index (χ2v) is 9.49. The monoisotopic (exact) mass is 601 g/mol. The number of halogens is 3. The molecular formula is C28H26F3N5O5S. The lowest BCUT2D eigenvalue weighted by molar-refractivity contribution is -0.137. The summed E-state index contributed by atoms with van der Waals surface area (Å²) in [4.78, 5) is 25.6. The molecule has 42 heavy (non-hydrogen) atoms. The van der Waals surface area contributed by atoms with Gasteiger partial charge in [-0.2, -0.15) is 13.2 Å². The Morgan fingerprint density at radius 2 is 1.55 bits per heavy atom. The quantitative estimate of drug-likeness (QED) is 0.232. The van der Waals surface area contributed by atoms with Gasteiger partial charge in [-0.05, 0) is 36.4 Å². The highest BCUT2D eigenvalue weighted by molar-refractivity contribution is 7.99. The van der Waals surface area contributed by atoms with Crippen molar-refractivity contribution in [3.63, 3.8) is 0 Å². The normalized spacial score (nSPS) is 11.1. The Morgan fingerprint density at radius 1 is 0.905 bits per heavy atom. The molecule has 0 aliphatic rings. The predicted molar refractivity (Wildman–Crippen MR) is 149 cm³/mol. The minimum absolute atomic E-state index is 0.0386. The average Bonchev–Trinajstić information content (AvgIpc) is 3.40. The van der Waals surface area contributed by atoms with Crippen LogP contribution in [0.1, 0.15) is 21.7 Å². The smallest absolute Gasteiger partial charge is 0.418 e. The van der Waals surface area contributed by atoms with Crippen LogP contribution >= 0.6 is 11.8 Å². The zero-order valence-corrected chi connectivity index (χ0v) is 23.5. The summed E-state index contributed by atoms with van der Waals surface area (Å²) in [7, 11) is 4.34. The van der Waals surface area contributed by atoms with Gasteiger partial charge in [0.25, 0.3) is 5.91 Å². The number of methoxy groups -OCH3 is 3. The molecule has 10 nitrogen and oxygen atoms in total. The highest BCUT2D eigenvalue weighted by Gasteiger charge is 2.33. The molecule has 14 heteroatoms. The second kappa shape index (κ2) is 13.3. The first-order valence-corrected chi connectivity index (χ1v) is 13.3. The molecule has 4 aromatic rings. The molecule has 0 unspecified atom stereocenters. The number of ether oxygens (including phenoxy) is 3. The first-order valence-electron chi connectivity index (χ1n) is 12.3. The third-order valence-corrected chi connectivity index (χ3v) is 6.82. The topological polar surface area (TPSA) is 117 Å². The van der Waals surface area contributed by atoms with Gasteiger partial charge in [0.1, 0.15) is 0 Å². The van der Waals surface area contributed by atoms with E-state index < -0.39 is 23.6 Å². The van der Waals surface area contributed by atoms with E-state index >= 15 is 0 Å². The van der Waals surface area contributed by atoms with Gasteiger partial charge in [-0.25, -0.2) is 0 Å². The van der Waals surface area contributed by atoms with Gasteiger partial charge in [-0.1, -0.05) is 42.1 Å². The van der Waals surface area contributed by atoms with Crippen molar-refractivity contribution in [1.29, 1.82) is 0 Å². The number of carbonyl (C=O) groups excluding carboxylic acids is 2. The number of anilines is 1. The standard InChI is InChI=1S/C28H26F3N5O5S/c1-39-21-13-17(14-22(40-2)25(21)41-3)26(38)32-15-23-34-35-27(36(23)18-9-5-4-6-10-18)42-16-24(37)33-20-12-8-7-11-19(20)28(29,30)31/h4-14H,15-16H2,1-3H3,(H,32,38)(H,33,37). The van der Waals surface area contributed by atoms with Crippen molar-refractivity contribution in [2.75, 3.05) is 32.4 Å². The lowest BCUT2D eigenvalue weighted by Crippen LogP contribution is -2.25. The number of aromatic nitrogens is 3. The van der Waals surface area contributed by atoms with E-state index in [0.717, 1.165) is 17.8 Å². The Morgan fingerprint density at radius 3 is 2.17 bits per heavy atom. The molecule has 0 saturated heterocycles. The van der Waals surface area contributed by atoms with Crippen molar-refractivity contribution in [2.45, 2.75) is 17.9 Å². The minimum atomic E-state index is -4.62. The Labute approximate surface area is 243 Å². The fourth-order valence-corrected chi connectivity index (χ4v) is 4.74. The number of hydrogen-bond acceptors (Lipinski definition) is 8. The number of nitrogens with one attached hydrogen (secondary N) is 2.